The largest absolute Gasteiger partial charge is 0.481 e. The average molecular weight is 277 g/mol. The highest BCUT2D eigenvalue weighted by molar-refractivity contribution is 5.78. The fraction of sp³-hybridized carbons (Fsp3) is 0.500. The third kappa shape index (κ3) is 5.03. The Balaban J connectivity index is 2.63. The molecule has 0 fully saturated rings. The molecule has 0 saturated heterocycles. The van der Waals surface area contributed by atoms with Crippen LogP contribution in [0.1, 0.15) is 44.6 Å². The van der Waals surface area contributed by atoms with Crippen LogP contribution >= 0.6 is 0 Å². The van der Waals surface area contributed by atoms with Gasteiger partial charge in [0.1, 0.15) is 0 Å². The molecule has 1 rings (SSSR count). The number of carboxylic acids is 1. The number of carbonyl (C=O) groups is 2. The highest BCUT2D eigenvalue weighted by Crippen LogP contribution is 2.23. The standard InChI is InChI=1S/C16H23NO3/c1-3-13(14-8-6-5-7-9-14)12-15(18)17(4-2)11-10-16(19)20/h5-9,13H,3-4,10-12H2,1-2H3,(H,19,20). The van der Waals surface area contributed by atoms with Gasteiger partial charge in [-0.3, -0.25) is 9.59 Å². The van der Waals surface area contributed by atoms with Crippen molar-refractivity contribution in [1.29, 1.82) is 0 Å². The molecule has 1 atom stereocenters. The van der Waals surface area contributed by atoms with Gasteiger partial charge in [-0.1, -0.05) is 37.3 Å². The summed E-state index contributed by atoms with van der Waals surface area (Å²) in [7, 11) is 0. The van der Waals surface area contributed by atoms with Crippen molar-refractivity contribution in [2.45, 2.75) is 39.0 Å². The Morgan fingerprint density at radius 2 is 1.85 bits per heavy atom. The van der Waals surface area contributed by atoms with E-state index in [-0.39, 0.29) is 24.8 Å². The van der Waals surface area contributed by atoms with Gasteiger partial charge in [-0.2, -0.15) is 0 Å². The SMILES string of the molecule is CCC(CC(=O)N(CC)CCC(=O)O)c1ccccc1. The van der Waals surface area contributed by atoms with Crippen molar-refractivity contribution in [2.75, 3.05) is 13.1 Å². The van der Waals surface area contributed by atoms with Crippen molar-refractivity contribution in [3.8, 4) is 0 Å². The van der Waals surface area contributed by atoms with Crippen LogP contribution in [-0.4, -0.2) is 35.0 Å². The molecule has 0 heterocycles. The number of hydrogen-bond donors (Lipinski definition) is 1. The molecule has 0 spiro atoms. The molecule has 0 aromatic heterocycles. The van der Waals surface area contributed by atoms with Gasteiger partial charge in [0.2, 0.25) is 5.91 Å². The summed E-state index contributed by atoms with van der Waals surface area (Å²) in [5.74, 6) is -0.640. The minimum atomic E-state index is -0.869. The first-order valence-corrected chi connectivity index (χ1v) is 7.13. The van der Waals surface area contributed by atoms with Gasteiger partial charge in [0.05, 0.1) is 6.42 Å². The summed E-state index contributed by atoms with van der Waals surface area (Å²) in [5, 5.41) is 8.71. The minimum absolute atomic E-state index is 0.00170. The molecule has 110 valence electrons. The lowest BCUT2D eigenvalue weighted by Gasteiger charge is -2.23. The van der Waals surface area contributed by atoms with Crippen LogP contribution in [0.4, 0.5) is 0 Å². The van der Waals surface area contributed by atoms with Crippen molar-refractivity contribution in [3.63, 3.8) is 0 Å². The van der Waals surface area contributed by atoms with E-state index in [4.69, 9.17) is 5.11 Å². The molecule has 0 aliphatic heterocycles. The van der Waals surface area contributed by atoms with Crippen LogP contribution in [0.3, 0.4) is 0 Å². The third-order valence-electron chi connectivity index (χ3n) is 3.51. The number of aliphatic carboxylic acids is 1. The smallest absolute Gasteiger partial charge is 0.305 e. The molecule has 20 heavy (non-hydrogen) atoms. The predicted molar refractivity (Wildman–Crippen MR) is 78.6 cm³/mol. The van der Waals surface area contributed by atoms with Crippen LogP contribution in [0.15, 0.2) is 30.3 Å². The van der Waals surface area contributed by atoms with Gasteiger partial charge in [-0.05, 0) is 24.8 Å². The Bertz CT molecular complexity index is 431. The van der Waals surface area contributed by atoms with E-state index in [1.807, 2.05) is 37.3 Å². The molecule has 4 heteroatoms. The number of amides is 1. The Labute approximate surface area is 120 Å². The molecule has 0 radical (unpaired) electrons. The Morgan fingerprint density at radius 1 is 1.20 bits per heavy atom. The Kier molecular flexibility index (Phi) is 6.77. The maximum absolute atomic E-state index is 12.3. The Morgan fingerprint density at radius 3 is 2.35 bits per heavy atom. The number of benzene rings is 1. The van der Waals surface area contributed by atoms with E-state index < -0.39 is 5.97 Å². The second kappa shape index (κ2) is 8.35. The second-order valence-electron chi connectivity index (χ2n) is 4.84. The minimum Gasteiger partial charge on any atom is -0.481 e. The highest BCUT2D eigenvalue weighted by Gasteiger charge is 2.18. The van der Waals surface area contributed by atoms with E-state index in [9.17, 15) is 9.59 Å². The maximum Gasteiger partial charge on any atom is 0.305 e. The first-order chi connectivity index (χ1) is 9.58. The molecule has 1 aromatic rings. The van der Waals surface area contributed by atoms with Crippen LogP contribution < -0.4 is 0 Å². The van der Waals surface area contributed by atoms with Crippen molar-refractivity contribution in [1.82, 2.24) is 4.90 Å². The fourth-order valence-electron chi connectivity index (χ4n) is 2.25. The lowest BCUT2D eigenvalue weighted by Crippen LogP contribution is -2.33. The topological polar surface area (TPSA) is 57.6 Å². The zero-order chi connectivity index (χ0) is 15.0. The zero-order valence-electron chi connectivity index (χ0n) is 12.2. The molecular weight excluding hydrogens is 254 g/mol. The summed E-state index contributed by atoms with van der Waals surface area (Å²) in [6.45, 7) is 4.79. The number of nitrogens with zero attached hydrogens (tertiary/aromatic N) is 1. The van der Waals surface area contributed by atoms with Crippen LogP contribution in [0.2, 0.25) is 0 Å². The zero-order valence-corrected chi connectivity index (χ0v) is 12.2. The van der Waals surface area contributed by atoms with Crippen LogP contribution in [0.5, 0.6) is 0 Å². The van der Waals surface area contributed by atoms with Crippen molar-refractivity contribution < 1.29 is 14.7 Å². The summed E-state index contributed by atoms with van der Waals surface area (Å²) >= 11 is 0. The first-order valence-electron chi connectivity index (χ1n) is 7.13. The summed E-state index contributed by atoms with van der Waals surface area (Å²) in [5.41, 5.74) is 1.16. The summed E-state index contributed by atoms with van der Waals surface area (Å²) in [6, 6.07) is 9.99. The molecule has 0 aliphatic carbocycles. The van der Waals surface area contributed by atoms with Crippen LogP contribution in [-0.2, 0) is 9.59 Å². The molecule has 0 aliphatic rings. The van der Waals surface area contributed by atoms with E-state index in [2.05, 4.69) is 6.92 Å². The van der Waals surface area contributed by atoms with Crippen LogP contribution in [0, 0.1) is 0 Å². The summed E-state index contributed by atoms with van der Waals surface area (Å²) in [4.78, 5) is 24.5. The molecule has 1 aromatic carbocycles. The van der Waals surface area contributed by atoms with Crippen molar-refractivity contribution >= 4 is 11.9 Å². The molecular formula is C16H23NO3. The lowest BCUT2D eigenvalue weighted by atomic mass is 9.93. The van der Waals surface area contributed by atoms with E-state index in [0.717, 1.165) is 12.0 Å². The Hall–Kier alpha value is -1.84. The lowest BCUT2D eigenvalue weighted by molar-refractivity contribution is -0.138. The molecule has 1 N–H and O–H groups in total. The van der Waals surface area contributed by atoms with Gasteiger partial charge < -0.3 is 10.0 Å². The molecule has 1 amide bonds. The monoisotopic (exact) mass is 277 g/mol. The van der Waals surface area contributed by atoms with E-state index in [0.29, 0.717) is 13.0 Å². The average Bonchev–Trinajstić information content (AvgIpc) is 2.46. The molecule has 4 nitrogen and oxygen atoms in total. The molecule has 0 bridgehead atoms. The van der Waals surface area contributed by atoms with Crippen molar-refractivity contribution in [3.05, 3.63) is 35.9 Å². The van der Waals surface area contributed by atoms with Gasteiger partial charge in [-0.15, -0.1) is 0 Å². The van der Waals surface area contributed by atoms with E-state index >= 15 is 0 Å². The third-order valence-corrected chi connectivity index (χ3v) is 3.51. The summed E-state index contributed by atoms with van der Waals surface area (Å²) in [6.07, 6.45) is 1.34. The quantitative estimate of drug-likeness (QED) is 0.795. The van der Waals surface area contributed by atoms with Crippen LogP contribution in [0.25, 0.3) is 0 Å². The number of carboxylic acid groups (broad SMARTS) is 1. The summed E-state index contributed by atoms with van der Waals surface area (Å²) < 4.78 is 0. The van der Waals surface area contributed by atoms with E-state index in [1.54, 1.807) is 4.90 Å². The normalized spacial score (nSPS) is 11.9. The van der Waals surface area contributed by atoms with E-state index in [1.165, 1.54) is 0 Å². The van der Waals surface area contributed by atoms with Gasteiger partial charge in [0.15, 0.2) is 0 Å². The number of hydrogen-bond acceptors (Lipinski definition) is 2. The molecule has 1 unspecified atom stereocenters. The maximum atomic E-state index is 12.3. The second-order valence-corrected chi connectivity index (χ2v) is 4.84. The number of carbonyl (C=O) groups excluding carboxylic acids is 1. The van der Waals surface area contributed by atoms with Gasteiger partial charge in [-0.25, -0.2) is 0 Å². The van der Waals surface area contributed by atoms with Crippen molar-refractivity contribution in [2.24, 2.45) is 0 Å². The fourth-order valence-corrected chi connectivity index (χ4v) is 2.25. The predicted octanol–water partition coefficient (Wildman–Crippen LogP) is 2.89. The molecule has 0 saturated carbocycles. The van der Waals surface area contributed by atoms with Gasteiger partial charge >= 0.3 is 5.97 Å². The number of rotatable bonds is 8. The van der Waals surface area contributed by atoms with Gasteiger partial charge in [0.25, 0.3) is 0 Å². The van der Waals surface area contributed by atoms with Gasteiger partial charge in [0, 0.05) is 19.5 Å². The highest BCUT2D eigenvalue weighted by atomic mass is 16.4. The first kappa shape index (κ1) is 16.2.